The van der Waals surface area contributed by atoms with Crippen LogP contribution < -0.4 is 10.6 Å². The lowest BCUT2D eigenvalue weighted by Gasteiger charge is -2.19. The van der Waals surface area contributed by atoms with Crippen molar-refractivity contribution in [3.8, 4) is 0 Å². The number of amides is 1. The standard InChI is InChI=1S/C19H20FN3OS/c20-16-7-9-17(10-8-16)22-19(25)21-12-14-4-1-2-5-15(14)13-23-11-3-6-18(23)24/h1-2,4-5,7-10H,3,6,11-13H2,(H2,21,22,25). The topological polar surface area (TPSA) is 44.4 Å². The number of carbonyl (C=O) groups excluding carboxylic acids is 1. The summed E-state index contributed by atoms with van der Waals surface area (Å²) in [5.41, 5.74) is 2.95. The van der Waals surface area contributed by atoms with Gasteiger partial charge in [-0.05, 0) is 54.0 Å². The molecular weight excluding hydrogens is 337 g/mol. The molecule has 4 nitrogen and oxygen atoms in total. The predicted molar refractivity (Wildman–Crippen MR) is 101 cm³/mol. The number of halogens is 1. The second-order valence-corrected chi connectivity index (χ2v) is 6.41. The number of rotatable bonds is 5. The largest absolute Gasteiger partial charge is 0.358 e. The number of hydrogen-bond acceptors (Lipinski definition) is 2. The molecule has 25 heavy (non-hydrogen) atoms. The van der Waals surface area contributed by atoms with Gasteiger partial charge in [0.05, 0.1) is 0 Å². The van der Waals surface area contributed by atoms with Gasteiger partial charge in [-0.1, -0.05) is 24.3 Å². The van der Waals surface area contributed by atoms with Gasteiger partial charge in [0.1, 0.15) is 5.82 Å². The maximum Gasteiger partial charge on any atom is 0.222 e. The molecule has 1 heterocycles. The van der Waals surface area contributed by atoms with Crippen LogP contribution in [0, 0.1) is 5.82 Å². The van der Waals surface area contributed by atoms with E-state index in [0.717, 1.165) is 29.8 Å². The second-order valence-electron chi connectivity index (χ2n) is 6.00. The van der Waals surface area contributed by atoms with Gasteiger partial charge < -0.3 is 15.5 Å². The molecule has 0 bridgehead atoms. The number of carbonyl (C=O) groups is 1. The molecule has 0 aliphatic carbocycles. The van der Waals surface area contributed by atoms with E-state index in [-0.39, 0.29) is 11.7 Å². The molecule has 0 radical (unpaired) electrons. The maximum atomic E-state index is 12.9. The monoisotopic (exact) mass is 357 g/mol. The number of nitrogens with one attached hydrogen (secondary N) is 2. The number of nitrogens with zero attached hydrogens (tertiary/aromatic N) is 1. The van der Waals surface area contributed by atoms with E-state index < -0.39 is 0 Å². The van der Waals surface area contributed by atoms with Crippen LogP contribution in [-0.2, 0) is 17.9 Å². The Morgan fingerprint density at radius 3 is 2.52 bits per heavy atom. The average Bonchev–Trinajstić information content (AvgIpc) is 3.01. The van der Waals surface area contributed by atoms with Crippen molar-refractivity contribution >= 4 is 28.9 Å². The summed E-state index contributed by atoms with van der Waals surface area (Å²) in [7, 11) is 0. The minimum absolute atomic E-state index is 0.219. The van der Waals surface area contributed by atoms with Crippen molar-refractivity contribution in [2.24, 2.45) is 0 Å². The van der Waals surface area contributed by atoms with Crippen LogP contribution in [0.3, 0.4) is 0 Å². The van der Waals surface area contributed by atoms with Gasteiger partial charge in [0.2, 0.25) is 5.91 Å². The van der Waals surface area contributed by atoms with Gasteiger partial charge in [0.25, 0.3) is 0 Å². The quantitative estimate of drug-likeness (QED) is 0.805. The Labute approximate surface area is 152 Å². The van der Waals surface area contributed by atoms with Crippen LogP contribution in [0.25, 0.3) is 0 Å². The van der Waals surface area contributed by atoms with Gasteiger partial charge in [-0.2, -0.15) is 0 Å². The number of likely N-dealkylation sites (tertiary alicyclic amines) is 1. The van der Waals surface area contributed by atoms with Crippen molar-refractivity contribution in [1.29, 1.82) is 0 Å². The zero-order chi connectivity index (χ0) is 17.6. The van der Waals surface area contributed by atoms with E-state index in [4.69, 9.17) is 12.2 Å². The van der Waals surface area contributed by atoms with Crippen molar-refractivity contribution in [3.05, 3.63) is 65.5 Å². The fraction of sp³-hybridized carbons (Fsp3) is 0.263. The lowest BCUT2D eigenvalue weighted by atomic mass is 10.1. The zero-order valence-corrected chi connectivity index (χ0v) is 14.6. The molecule has 1 aliphatic rings. The number of hydrogen-bond donors (Lipinski definition) is 2. The van der Waals surface area contributed by atoms with Gasteiger partial charge in [-0.15, -0.1) is 0 Å². The van der Waals surface area contributed by atoms with Crippen LogP contribution in [0.15, 0.2) is 48.5 Å². The smallest absolute Gasteiger partial charge is 0.222 e. The fourth-order valence-electron chi connectivity index (χ4n) is 2.85. The molecule has 1 amide bonds. The maximum absolute atomic E-state index is 12.9. The van der Waals surface area contributed by atoms with Crippen LogP contribution in [0.4, 0.5) is 10.1 Å². The van der Waals surface area contributed by atoms with Crippen LogP contribution in [-0.4, -0.2) is 22.5 Å². The predicted octanol–water partition coefficient (Wildman–Crippen LogP) is 3.43. The third-order valence-electron chi connectivity index (χ3n) is 4.19. The highest BCUT2D eigenvalue weighted by molar-refractivity contribution is 7.80. The minimum atomic E-state index is -0.283. The summed E-state index contributed by atoms with van der Waals surface area (Å²) in [5, 5.41) is 6.66. The summed E-state index contributed by atoms with van der Waals surface area (Å²) in [6, 6.07) is 14.1. The Hall–Kier alpha value is -2.47. The van der Waals surface area contributed by atoms with Crippen molar-refractivity contribution in [1.82, 2.24) is 10.2 Å². The first-order valence-corrected chi connectivity index (χ1v) is 8.67. The van der Waals surface area contributed by atoms with Crippen molar-refractivity contribution in [2.75, 3.05) is 11.9 Å². The highest BCUT2D eigenvalue weighted by Gasteiger charge is 2.20. The second kappa shape index (κ2) is 8.07. The molecule has 6 heteroatoms. The molecule has 0 unspecified atom stereocenters. The van der Waals surface area contributed by atoms with Crippen molar-refractivity contribution in [3.63, 3.8) is 0 Å². The first-order valence-electron chi connectivity index (χ1n) is 8.27. The molecule has 0 spiro atoms. The molecular formula is C19H20FN3OS. The van der Waals surface area contributed by atoms with Crippen LogP contribution in [0.5, 0.6) is 0 Å². The van der Waals surface area contributed by atoms with Gasteiger partial charge >= 0.3 is 0 Å². The van der Waals surface area contributed by atoms with Crippen LogP contribution in [0.1, 0.15) is 24.0 Å². The Morgan fingerprint density at radius 1 is 1.12 bits per heavy atom. The van der Waals surface area contributed by atoms with Gasteiger partial charge in [0.15, 0.2) is 5.11 Å². The van der Waals surface area contributed by atoms with E-state index >= 15 is 0 Å². The Morgan fingerprint density at radius 2 is 1.84 bits per heavy atom. The molecule has 1 fully saturated rings. The third-order valence-corrected chi connectivity index (χ3v) is 4.44. The highest BCUT2D eigenvalue weighted by Crippen LogP contribution is 2.17. The van der Waals surface area contributed by atoms with Gasteiger partial charge in [-0.3, -0.25) is 4.79 Å². The summed E-state index contributed by atoms with van der Waals surface area (Å²) in [6.07, 6.45) is 1.58. The summed E-state index contributed by atoms with van der Waals surface area (Å²) >= 11 is 5.29. The zero-order valence-electron chi connectivity index (χ0n) is 13.8. The Bertz CT molecular complexity index is 764. The molecule has 1 aliphatic heterocycles. The summed E-state index contributed by atoms with van der Waals surface area (Å²) in [5.74, 6) is -0.0638. The molecule has 0 saturated carbocycles. The van der Waals surface area contributed by atoms with Crippen molar-refractivity contribution in [2.45, 2.75) is 25.9 Å². The molecule has 3 rings (SSSR count). The SMILES string of the molecule is O=C1CCCN1Cc1ccccc1CNC(=S)Nc1ccc(F)cc1. The van der Waals surface area contributed by atoms with Crippen molar-refractivity contribution < 1.29 is 9.18 Å². The Kier molecular flexibility index (Phi) is 5.60. The molecule has 2 N–H and O–H groups in total. The molecule has 0 atom stereocenters. The molecule has 2 aromatic carbocycles. The van der Waals surface area contributed by atoms with E-state index in [2.05, 4.69) is 10.6 Å². The number of anilines is 1. The molecule has 0 aromatic heterocycles. The molecule has 2 aromatic rings. The summed E-state index contributed by atoms with van der Waals surface area (Å²) in [6.45, 7) is 2.02. The van der Waals surface area contributed by atoms with Gasteiger partial charge in [0, 0.05) is 31.7 Å². The third kappa shape index (κ3) is 4.76. The highest BCUT2D eigenvalue weighted by atomic mass is 32.1. The minimum Gasteiger partial charge on any atom is -0.358 e. The van der Waals surface area contributed by atoms with E-state index in [1.807, 2.05) is 29.2 Å². The van der Waals surface area contributed by atoms with E-state index in [1.54, 1.807) is 12.1 Å². The van der Waals surface area contributed by atoms with Crippen LogP contribution >= 0.6 is 12.2 Å². The normalized spacial score (nSPS) is 13.8. The summed E-state index contributed by atoms with van der Waals surface area (Å²) in [4.78, 5) is 13.7. The van der Waals surface area contributed by atoms with E-state index in [9.17, 15) is 9.18 Å². The first kappa shape index (κ1) is 17.4. The lowest BCUT2D eigenvalue weighted by Crippen LogP contribution is -2.29. The molecule has 1 saturated heterocycles. The van der Waals surface area contributed by atoms with Gasteiger partial charge in [-0.25, -0.2) is 4.39 Å². The number of thiocarbonyl (C=S) groups is 1. The van der Waals surface area contributed by atoms with Crippen LogP contribution in [0.2, 0.25) is 0 Å². The summed E-state index contributed by atoms with van der Waals surface area (Å²) < 4.78 is 12.9. The molecule has 130 valence electrons. The first-order chi connectivity index (χ1) is 12.1. The fourth-order valence-corrected chi connectivity index (χ4v) is 3.04. The Balaban J connectivity index is 1.58. The van der Waals surface area contributed by atoms with E-state index in [1.165, 1.54) is 12.1 Å². The lowest BCUT2D eigenvalue weighted by molar-refractivity contribution is -0.128. The number of benzene rings is 2. The van der Waals surface area contributed by atoms with E-state index in [0.29, 0.717) is 24.6 Å². The average molecular weight is 357 g/mol.